The molecule has 16 heavy (non-hydrogen) atoms. The molecule has 0 saturated carbocycles. The van der Waals surface area contributed by atoms with Gasteiger partial charge < -0.3 is 20.3 Å². The first-order valence-corrected chi connectivity index (χ1v) is 4.48. The minimum Gasteiger partial charge on any atom is -0.508 e. The summed E-state index contributed by atoms with van der Waals surface area (Å²) in [6.45, 7) is -0.699. The number of benzene rings is 1. The second-order valence-corrected chi connectivity index (χ2v) is 2.95. The van der Waals surface area contributed by atoms with Gasteiger partial charge in [-0.1, -0.05) is 0 Å². The Kier molecular flexibility index (Phi) is 4.14. The molecule has 0 saturated heterocycles. The Bertz CT molecular complexity index is 373. The van der Waals surface area contributed by atoms with Crippen molar-refractivity contribution in [2.45, 2.75) is 0 Å². The van der Waals surface area contributed by atoms with Gasteiger partial charge in [0.05, 0.1) is 0 Å². The van der Waals surface area contributed by atoms with Crippen LogP contribution in [0.4, 0.5) is 0 Å². The first-order valence-electron chi connectivity index (χ1n) is 4.48. The van der Waals surface area contributed by atoms with Gasteiger partial charge >= 0.3 is 5.97 Å². The fourth-order valence-corrected chi connectivity index (χ4v) is 0.916. The molecule has 0 radical (unpaired) electrons. The number of amides is 1. The second-order valence-electron chi connectivity index (χ2n) is 2.95. The van der Waals surface area contributed by atoms with Crippen molar-refractivity contribution < 1.29 is 24.5 Å². The monoisotopic (exact) mass is 225 g/mol. The van der Waals surface area contributed by atoms with E-state index in [1.807, 2.05) is 0 Å². The molecule has 6 nitrogen and oxygen atoms in total. The Labute approximate surface area is 91.5 Å². The van der Waals surface area contributed by atoms with Gasteiger partial charge in [-0.25, -0.2) is 0 Å². The van der Waals surface area contributed by atoms with E-state index < -0.39 is 18.4 Å². The Morgan fingerprint density at radius 2 is 1.88 bits per heavy atom. The summed E-state index contributed by atoms with van der Waals surface area (Å²) < 4.78 is 5.04. The summed E-state index contributed by atoms with van der Waals surface area (Å²) >= 11 is 0. The van der Waals surface area contributed by atoms with Gasteiger partial charge in [-0.3, -0.25) is 9.59 Å². The number of carboxylic acid groups (broad SMARTS) is 1. The lowest BCUT2D eigenvalue weighted by Crippen LogP contribution is -2.33. The summed E-state index contributed by atoms with van der Waals surface area (Å²) in [6.07, 6.45) is 0. The van der Waals surface area contributed by atoms with Crippen LogP contribution in [-0.2, 0) is 9.59 Å². The molecule has 0 spiro atoms. The second kappa shape index (κ2) is 5.59. The summed E-state index contributed by atoms with van der Waals surface area (Å²) in [5, 5.41) is 19.4. The van der Waals surface area contributed by atoms with Gasteiger partial charge in [-0.2, -0.15) is 0 Å². The number of carbonyl (C=O) groups is 2. The van der Waals surface area contributed by atoms with E-state index in [-0.39, 0.29) is 12.4 Å². The summed E-state index contributed by atoms with van der Waals surface area (Å²) in [4.78, 5) is 21.2. The van der Waals surface area contributed by atoms with Gasteiger partial charge in [0.1, 0.15) is 18.0 Å². The van der Waals surface area contributed by atoms with Crippen molar-refractivity contribution in [3.05, 3.63) is 24.3 Å². The largest absolute Gasteiger partial charge is 0.508 e. The van der Waals surface area contributed by atoms with E-state index in [1.54, 1.807) is 0 Å². The highest BCUT2D eigenvalue weighted by molar-refractivity contribution is 5.82. The zero-order chi connectivity index (χ0) is 12.0. The zero-order valence-corrected chi connectivity index (χ0v) is 8.34. The number of aromatic hydroxyl groups is 1. The molecule has 1 aromatic rings. The number of rotatable bonds is 5. The minimum absolute atomic E-state index is 0.0997. The van der Waals surface area contributed by atoms with Crippen LogP contribution in [0.1, 0.15) is 0 Å². The van der Waals surface area contributed by atoms with Crippen LogP contribution in [0.3, 0.4) is 0 Å². The molecule has 0 bridgehead atoms. The van der Waals surface area contributed by atoms with Crippen LogP contribution in [0.25, 0.3) is 0 Å². The maximum Gasteiger partial charge on any atom is 0.322 e. The minimum atomic E-state index is -1.11. The van der Waals surface area contributed by atoms with E-state index >= 15 is 0 Å². The molecule has 0 aliphatic rings. The van der Waals surface area contributed by atoms with E-state index in [1.165, 1.54) is 24.3 Å². The quantitative estimate of drug-likeness (QED) is 0.654. The molecule has 3 N–H and O–H groups in total. The SMILES string of the molecule is O=C(O)CNC(=O)COc1ccc(O)cc1. The van der Waals surface area contributed by atoms with Crippen molar-refractivity contribution in [1.82, 2.24) is 5.32 Å². The van der Waals surface area contributed by atoms with Gasteiger partial charge in [-0.05, 0) is 24.3 Å². The fraction of sp³-hybridized carbons (Fsp3) is 0.200. The Hall–Kier alpha value is -2.24. The van der Waals surface area contributed by atoms with E-state index in [4.69, 9.17) is 14.9 Å². The van der Waals surface area contributed by atoms with Crippen LogP contribution in [-0.4, -0.2) is 35.2 Å². The van der Waals surface area contributed by atoms with Crippen LogP contribution in [0, 0.1) is 0 Å². The number of carboxylic acids is 1. The van der Waals surface area contributed by atoms with Crippen molar-refractivity contribution in [3.63, 3.8) is 0 Å². The Morgan fingerprint density at radius 3 is 2.44 bits per heavy atom. The number of nitrogens with one attached hydrogen (secondary N) is 1. The van der Waals surface area contributed by atoms with E-state index in [0.717, 1.165) is 0 Å². The third kappa shape index (κ3) is 4.32. The number of phenols is 1. The normalized spacial score (nSPS) is 9.50. The molecule has 6 heteroatoms. The van der Waals surface area contributed by atoms with Crippen molar-refractivity contribution in [2.24, 2.45) is 0 Å². The zero-order valence-electron chi connectivity index (χ0n) is 8.34. The van der Waals surface area contributed by atoms with Crippen molar-refractivity contribution in [1.29, 1.82) is 0 Å². The molecule has 0 aromatic heterocycles. The molecule has 0 atom stereocenters. The van der Waals surface area contributed by atoms with Crippen LogP contribution in [0.15, 0.2) is 24.3 Å². The first kappa shape index (κ1) is 11.8. The first-order chi connectivity index (χ1) is 7.58. The standard InChI is InChI=1S/C10H11NO5/c12-7-1-3-8(4-2-7)16-6-9(13)11-5-10(14)15/h1-4,12H,5-6H2,(H,11,13)(H,14,15). The average molecular weight is 225 g/mol. The highest BCUT2D eigenvalue weighted by Gasteiger charge is 2.04. The third-order valence-electron chi connectivity index (χ3n) is 1.64. The van der Waals surface area contributed by atoms with Gasteiger partial charge in [0.2, 0.25) is 0 Å². The summed E-state index contributed by atoms with van der Waals surface area (Å²) in [6, 6.07) is 5.84. The van der Waals surface area contributed by atoms with E-state index in [2.05, 4.69) is 5.32 Å². The summed E-state index contributed by atoms with van der Waals surface area (Å²) in [7, 11) is 0. The molecule has 1 rings (SSSR count). The lowest BCUT2D eigenvalue weighted by atomic mass is 10.3. The molecular formula is C10H11NO5. The number of aliphatic carboxylic acids is 1. The Morgan fingerprint density at radius 1 is 1.25 bits per heavy atom. The van der Waals surface area contributed by atoms with E-state index in [9.17, 15) is 9.59 Å². The number of ether oxygens (including phenoxy) is 1. The van der Waals surface area contributed by atoms with Gasteiger partial charge in [0.25, 0.3) is 5.91 Å². The molecule has 1 amide bonds. The molecule has 0 unspecified atom stereocenters. The summed E-state index contributed by atoms with van der Waals surface area (Å²) in [5.74, 6) is -1.11. The van der Waals surface area contributed by atoms with E-state index in [0.29, 0.717) is 5.75 Å². The number of hydrogen-bond donors (Lipinski definition) is 3. The highest BCUT2D eigenvalue weighted by Crippen LogP contribution is 2.15. The molecule has 0 heterocycles. The van der Waals surface area contributed by atoms with Gasteiger partial charge in [0.15, 0.2) is 6.61 Å². The molecule has 86 valence electrons. The van der Waals surface area contributed by atoms with Crippen molar-refractivity contribution >= 4 is 11.9 Å². The van der Waals surface area contributed by atoms with Gasteiger partial charge in [0, 0.05) is 0 Å². The predicted octanol–water partition coefficient (Wildman–Crippen LogP) is -0.0282. The molecule has 0 fully saturated rings. The Balaban J connectivity index is 2.31. The van der Waals surface area contributed by atoms with Gasteiger partial charge in [-0.15, -0.1) is 0 Å². The lowest BCUT2D eigenvalue weighted by molar-refractivity contribution is -0.138. The molecular weight excluding hydrogens is 214 g/mol. The smallest absolute Gasteiger partial charge is 0.322 e. The number of phenolic OH excluding ortho intramolecular Hbond substituents is 1. The van der Waals surface area contributed by atoms with Crippen LogP contribution < -0.4 is 10.1 Å². The third-order valence-corrected chi connectivity index (χ3v) is 1.64. The molecule has 1 aromatic carbocycles. The topological polar surface area (TPSA) is 95.9 Å². The average Bonchev–Trinajstić information content (AvgIpc) is 2.25. The van der Waals surface area contributed by atoms with Crippen molar-refractivity contribution in [3.8, 4) is 11.5 Å². The predicted molar refractivity (Wildman–Crippen MR) is 54.2 cm³/mol. The highest BCUT2D eigenvalue weighted by atomic mass is 16.5. The fourth-order valence-electron chi connectivity index (χ4n) is 0.916. The van der Waals surface area contributed by atoms with Crippen LogP contribution >= 0.6 is 0 Å². The maximum absolute atomic E-state index is 11.0. The summed E-state index contributed by atoms with van der Waals surface area (Å²) in [5.41, 5.74) is 0. The van der Waals surface area contributed by atoms with Crippen molar-refractivity contribution in [2.75, 3.05) is 13.2 Å². The molecule has 0 aliphatic carbocycles. The van der Waals surface area contributed by atoms with Crippen LogP contribution in [0.5, 0.6) is 11.5 Å². The number of hydrogen-bond acceptors (Lipinski definition) is 4. The molecule has 0 aliphatic heterocycles. The number of carbonyl (C=O) groups excluding carboxylic acids is 1. The maximum atomic E-state index is 11.0. The van der Waals surface area contributed by atoms with Crippen LogP contribution in [0.2, 0.25) is 0 Å². The lowest BCUT2D eigenvalue weighted by Gasteiger charge is -2.05.